The zero-order chi connectivity index (χ0) is 12.3. The summed E-state index contributed by atoms with van der Waals surface area (Å²) in [5, 5.41) is 8.94. The molecular formula is C14H14FNO. The molecule has 0 aromatic heterocycles. The normalized spacial score (nSPS) is 12.4. The quantitative estimate of drug-likeness (QED) is 0.851. The SMILES string of the molecule is NC(c1ccc(F)cc1)c1ccc(CO)cc1. The molecule has 17 heavy (non-hydrogen) atoms. The van der Waals surface area contributed by atoms with E-state index in [1.165, 1.54) is 12.1 Å². The topological polar surface area (TPSA) is 46.2 Å². The predicted molar refractivity (Wildman–Crippen MR) is 64.8 cm³/mol. The first-order valence-corrected chi connectivity index (χ1v) is 5.41. The Morgan fingerprint density at radius 2 is 1.41 bits per heavy atom. The first-order valence-electron chi connectivity index (χ1n) is 5.41. The van der Waals surface area contributed by atoms with Crippen LogP contribution in [0.15, 0.2) is 48.5 Å². The van der Waals surface area contributed by atoms with E-state index in [2.05, 4.69) is 0 Å². The first-order chi connectivity index (χ1) is 8.20. The highest BCUT2D eigenvalue weighted by Crippen LogP contribution is 2.20. The van der Waals surface area contributed by atoms with Crippen molar-refractivity contribution in [3.8, 4) is 0 Å². The number of hydrogen-bond acceptors (Lipinski definition) is 2. The minimum absolute atomic E-state index is 0.0199. The van der Waals surface area contributed by atoms with Gasteiger partial charge < -0.3 is 10.8 Å². The van der Waals surface area contributed by atoms with Crippen LogP contribution in [0.1, 0.15) is 22.7 Å². The van der Waals surface area contributed by atoms with Gasteiger partial charge in [0, 0.05) is 0 Å². The Balaban J connectivity index is 2.23. The average molecular weight is 231 g/mol. The summed E-state index contributed by atoms with van der Waals surface area (Å²) in [6, 6.07) is 13.3. The lowest BCUT2D eigenvalue weighted by atomic mass is 9.99. The second-order valence-electron chi connectivity index (χ2n) is 3.93. The smallest absolute Gasteiger partial charge is 0.123 e. The number of rotatable bonds is 3. The number of hydrogen-bond donors (Lipinski definition) is 2. The molecule has 3 N–H and O–H groups in total. The van der Waals surface area contributed by atoms with Gasteiger partial charge in [-0.1, -0.05) is 36.4 Å². The second kappa shape index (κ2) is 5.08. The molecule has 2 rings (SSSR count). The largest absolute Gasteiger partial charge is 0.392 e. The summed E-state index contributed by atoms with van der Waals surface area (Å²) < 4.78 is 12.8. The summed E-state index contributed by atoms with van der Waals surface area (Å²) >= 11 is 0. The molecule has 0 heterocycles. The molecule has 0 fully saturated rings. The molecule has 0 saturated heterocycles. The summed E-state index contributed by atoms with van der Waals surface area (Å²) in [6.07, 6.45) is 0. The highest BCUT2D eigenvalue weighted by atomic mass is 19.1. The molecule has 2 nitrogen and oxygen atoms in total. The van der Waals surface area contributed by atoms with Crippen molar-refractivity contribution < 1.29 is 9.50 Å². The molecule has 0 aliphatic heterocycles. The zero-order valence-electron chi connectivity index (χ0n) is 9.31. The lowest BCUT2D eigenvalue weighted by molar-refractivity contribution is 0.282. The minimum Gasteiger partial charge on any atom is -0.392 e. The van der Waals surface area contributed by atoms with Crippen LogP contribution >= 0.6 is 0 Å². The van der Waals surface area contributed by atoms with Crippen LogP contribution in [0.25, 0.3) is 0 Å². The van der Waals surface area contributed by atoms with Crippen molar-refractivity contribution in [2.45, 2.75) is 12.6 Å². The van der Waals surface area contributed by atoms with Gasteiger partial charge in [0.05, 0.1) is 12.6 Å². The van der Waals surface area contributed by atoms with Crippen LogP contribution in [0.2, 0.25) is 0 Å². The van der Waals surface area contributed by atoms with E-state index in [-0.39, 0.29) is 18.5 Å². The van der Waals surface area contributed by atoms with Crippen molar-refractivity contribution in [2.24, 2.45) is 5.73 Å². The van der Waals surface area contributed by atoms with Gasteiger partial charge in [0.25, 0.3) is 0 Å². The summed E-state index contributed by atoms with van der Waals surface area (Å²) in [5.74, 6) is -0.267. The van der Waals surface area contributed by atoms with Crippen LogP contribution in [0.5, 0.6) is 0 Å². The van der Waals surface area contributed by atoms with E-state index in [4.69, 9.17) is 10.8 Å². The molecule has 1 unspecified atom stereocenters. The van der Waals surface area contributed by atoms with E-state index in [0.29, 0.717) is 0 Å². The minimum atomic E-state index is -0.275. The number of benzene rings is 2. The Morgan fingerprint density at radius 1 is 0.941 bits per heavy atom. The summed E-state index contributed by atoms with van der Waals surface area (Å²) in [7, 11) is 0. The van der Waals surface area contributed by atoms with Gasteiger partial charge in [-0.25, -0.2) is 4.39 Å². The van der Waals surface area contributed by atoms with Crippen molar-refractivity contribution in [3.05, 3.63) is 71.0 Å². The van der Waals surface area contributed by atoms with Crippen LogP contribution in [0.4, 0.5) is 4.39 Å². The van der Waals surface area contributed by atoms with Crippen LogP contribution in [0.3, 0.4) is 0 Å². The van der Waals surface area contributed by atoms with Crippen LogP contribution in [-0.2, 0) is 6.61 Å². The van der Waals surface area contributed by atoms with Crippen LogP contribution in [0, 0.1) is 5.82 Å². The maximum absolute atomic E-state index is 12.8. The fraction of sp³-hybridized carbons (Fsp3) is 0.143. The third-order valence-electron chi connectivity index (χ3n) is 2.75. The Kier molecular flexibility index (Phi) is 3.52. The summed E-state index contributed by atoms with van der Waals surface area (Å²) in [5.41, 5.74) is 8.72. The van der Waals surface area contributed by atoms with E-state index in [1.54, 1.807) is 12.1 Å². The van der Waals surface area contributed by atoms with E-state index >= 15 is 0 Å². The van der Waals surface area contributed by atoms with Crippen molar-refractivity contribution in [1.82, 2.24) is 0 Å². The molecule has 0 amide bonds. The molecule has 0 radical (unpaired) electrons. The molecule has 0 aliphatic rings. The van der Waals surface area contributed by atoms with Crippen LogP contribution < -0.4 is 5.73 Å². The molecule has 0 spiro atoms. The maximum atomic E-state index is 12.8. The molecular weight excluding hydrogens is 217 g/mol. The predicted octanol–water partition coefficient (Wildman–Crippen LogP) is 2.37. The molecule has 2 aromatic carbocycles. The van der Waals surface area contributed by atoms with Gasteiger partial charge in [0.1, 0.15) is 5.82 Å². The van der Waals surface area contributed by atoms with Gasteiger partial charge in [-0.15, -0.1) is 0 Å². The van der Waals surface area contributed by atoms with Crippen LogP contribution in [-0.4, -0.2) is 5.11 Å². The Labute approximate surface area is 99.5 Å². The van der Waals surface area contributed by atoms with Gasteiger partial charge in [0.2, 0.25) is 0 Å². The van der Waals surface area contributed by atoms with Gasteiger partial charge >= 0.3 is 0 Å². The highest BCUT2D eigenvalue weighted by Gasteiger charge is 2.08. The second-order valence-corrected chi connectivity index (χ2v) is 3.93. The van der Waals surface area contributed by atoms with Gasteiger partial charge in [-0.3, -0.25) is 0 Å². The summed E-state index contributed by atoms with van der Waals surface area (Å²) in [4.78, 5) is 0. The van der Waals surface area contributed by atoms with Crippen molar-refractivity contribution in [1.29, 1.82) is 0 Å². The zero-order valence-corrected chi connectivity index (χ0v) is 9.31. The standard InChI is InChI=1S/C14H14FNO/c15-13-7-5-12(6-8-13)14(16)11-3-1-10(9-17)2-4-11/h1-8,14,17H,9,16H2. The lowest BCUT2D eigenvalue weighted by Crippen LogP contribution is -2.11. The third-order valence-corrected chi connectivity index (χ3v) is 2.75. The fourth-order valence-electron chi connectivity index (χ4n) is 1.69. The van der Waals surface area contributed by atoms with Gasteiger partial charge in [0.15, 0.2) is 0 Å². The van der Waals surface area contributed by atoms with E-state index < -0.39 is 0 Å². The Bertz CT molecular complexity index is 479. The first kappa shape index (κ1) is 11.8. The molecule has 2 aromatic rings. The molecule has 0 saturated carbocycles. The van der Waals surface area contributed by atoms with E-state index in [1.807, 2.05) is 24.3 Å². The van der Waals surface area contributed by atoms with E-state index in [0.717, 1.165) is 16.7 Å². The average Bonchev–Trinajstić information content (AvgIpc) is 2.39. The number of aliphatic hydroxyl groups excluding tert-OH is 1. The van der Waals surface area contributed by atoms with Gasteiger partial charge in [-0.2, -0.15) is 0 Å². The van der Waals surface area contributed by atoms with E-state index in [9.17, 15) is 4.39 Å². The third kappa shape index (κ3) is 2.70. The molecule has 1 atom stereocenters. The van der Waals surface area contributed by atoms with Crippen molar-refractivity contribution >= 4 is 0 Å². The monoisotopic (exact) mass is 231 g/mol. The number of nitrogens with two attached hydrogens (primary N) is 1. The lowest BCUT2D eigenvalue weighted by Gasteiger charge is -2.12. The van der Waals surface area contributed by atoms with Crippen molar-refractivity contribution in [2.75, 3.05) is 0 Å². The highest BCUT2D eigenvalue weighted by molar-refractivity contribution is 5.33. The number of halogens is 1. The summed E-state index contributed by atoms with van der Waals surface area (Å²) in [6.45, 7) is 0.0199. The van der Waals surface area contributed by atoms with Crippen molar-refractivity contribution in [3.63, 3.8) is 0 Å². The Hall–Kier alpha value is -1.71. The molecule has 88 valence electrons. The molecule has 0 aliphatic carbocycles. The molecule has 0 bridgehead atoms. The fourth-order valence-corrected chi connectivity index (χ4v) is 1.69. The maximum Gasteiger partial charge on any atom is 0.123 e. The Morgan fingerprint density at radius 3 is 1.88 bits per heavy atom. The number of aliphatic hydroxyl groups is 1. The molecule has 3 heteroatoms. The van der Waals surface area contributed by atoms with Gasteiger partial charge in [-0.05, 0) is 28.8 Å².